The number of hydrogen-bond donors (Lipinski definition) is 1. The van der Waals surface area contributed by atoms with Gasteiger partial charge < -0.3 is 9.51 Å². The quantitative estimate of drug-likeness (QED) is 0.551. The van der Waals surface area contributed by atoms with Crippen LogP contribution < -0.4 is 0 Å². The largest absolute Gasteiger partial charge is 0.481 e. The fraction of sp³-hybridized carbons (Fsp3) is 0.318. The molecule has 1 aliphatic carbocycles. The predicted molar refractivity (Wildman–Crippen MR) is 111 cm³/mol. The monoisotopic (exact) mass is 399 g/mol. The molecular formula is C22H22ClNO2S. The number of benzene rings is 1. The number of aromatic nitrogens is 1. The molecule has 0 radical (unpaired) electrons. The summed E-state index contributed by atoms with van der Waals surface area (Å²) in [5.74, 6) is -0.631. The van der Waals surface area contributed by atoms with E-state index in [-0.39, 0.29) is 12.3 Å². The van der Waals surface area contributed by atoms with Gasteiger partial charge in [-0.05, 0) is 78.8 Å². The summed E-state index contributed by atoms with van der Waals surface area (Å²) in [6, 6.07) is 12.2. The van der Waals surface area contributed by atoms with Crippen LogP contribution in [0.1, 0.15) is 47.6 Å². The van der Waals surface area contributed by atoms with Crippen molar-refractivity contribution < 1.29 is 9.90 Å². The van der Waals surface area contributed by atoms with Gasteiger partial charge in [-0.25, -0.2) is 0 Å². The Morgan fingerprint density at radius 2 is 2.07 bits per heavy atom. The van der Waals surface area contributed by atoms with E-state index < -0.39 is 5.97 Å². The molecular weight excluding hydrogens is 378 g/mol. The number of nitrogens with zero attached hydrogens (tertiary/aromatic N) is 1. The zero-order chi connectivity index (χ0) is 19.0. The van der Waals surface area contributed by atoms with Crippen LogP contribution in [0.3, 0.4) is 0 Å². The average Bonchev–Trinajstić information content (AvgIpc) is 2.98. The normalized spacial score (nSPS) is 16.4. The Labute approximate surface area is 168 Å². The molecule has 0 fully saturated rings. The Morgan fingerprint density at radius 1 is 1.30 bits per heavy atom. The van der Waals surface area contributed by atoms with E-state index in [1.165, 1.54) is 32.8 Å². The van der Waals surface area contributed by atoms with Crippen LogP contribution in [0.5, 0.6) is 0 Å². The van der Waals surface area contributed by atoms with Crippen molar-refractivity contribution in [3.05, 3.63) is 70.0 Å². The molecule has 1 N–H and O–H groups in total. The van der Waals surface area contributed by atoms with Crippen molar-refractivity contribution in [2.24, 2.45) is 0 Å². The van der Waals surface area contributed by atoms with Gasteiger partial charge in [0.1, 0.15) is 0 Å². The number of carboxylic acids is 1. The second-order valence-corrected chi connectivity index (χ2v) is 8.41. The van der Waals surface area contributed by atoms with Gasteiger partial charge in [0.05, 0.1) is 11.9 Å². The number of carboxylic acid groups (broad SMARTS) is 1. The van der Waals surface area contributed by atoms with E-state index in [1.807, 2.05) is 12.1 Å². The van der Waals surface area contributed by atoms with E-state index in [4.69, 9.17) is 11.6 Å². The lowest BCUT2D eigenvalue weighted by molar-refractivity contribution is -0.137. The molecule has 0 amide bonds. The van der Waals surface area contributed by atoms with Gasteiger partial charge in [0.15, 0.2) is 0 Å². The highest BCUT2D eigenvalue weighted by Crippen LogP contribution is 2.42. The number of aryl methyl sites for hydroxylation is 1. The number of hydrogen-bond acceptors (Lipinski definition) is 2. The van der Waals surface area contributed by atoms with Crippen LogP contribution in [0.2, 0.25) is 5.02 Å². The molecule has 0 aliphatic heterocycles. The van der Waals surface area contributed by atoms with E-state index in [0.29, 0.717) is 0 Å². The first kappa shape index (κ1) is 18.5. The molecule has 0 saturated carbocycles. The summed E-state index contributed by atoms with van der Waals surface area (Å²) >= 11 is 7.81. The molecule has 0 spiro atoms. The van der Waals surface area contributed by atoms with Gasteiger partial charge in [-0.15, -0.1) is 11.8 Å². The third kappa shape index (κ3) is 3.48. The zero-order valence-corrected chi connectivity index (χ0v) is 16.8. The van der Waals surface area contributed by atoms with Gasteiger partial charge >= 0.3 is 5.97 Å². The Balaban J connectivity index is 1.93. The van der Waals surface area contributed by atoms with Crippen molar-refractivity contribution in [2.75, 3.05) is 6.26 Å². The van der Waals surface area contributed by atoms with Gasteiger partial charge in [0.25, 0.3) is 0 Å². The van der Waals surface area contributed by atoms with Gasteiger partial charge in [0, 0.05) is 21.8 Å². The lowest BCUT2D eigenvalue weighted by atomic mass is 9.81. The van der Waals surface area contributed by atoms with E-state index in [2.05, 4.69) is 41.1 Å². The number of aliphatic carboxylic acids is 1. The Bertz CT molecular complexity index is 994. The lowest BCUT2D eigenvalue weighted by Crippen LogP contribution is -2.14. The van der Waals surface area contributed by atoms with Gasteiger partial charge in [-0.2, -0.15) is 0 Å². The van der Waals surface area contributed by atoms with E-state index in [0.717, 1.165) is 30.7 Å². The molecule has 1 unspecified atom stereocenters. The summed E-state index contributed by atoms with van der Waals surface area (Å²) in [7, 11) is 0. The first-order valence-corrected chi connectivity index (χ1v) is 10.8. The molecule has 0 bridgehead atoms. The van der Waals surface area contributed by atoms with Gasteiger partial charge in [0.2, 0.25) is 0 Å². The van der Waals surface area contributed by atoms with Gasteiger partial charge in [-0.3, -0.25) is 4.79 Å². The van der Waals surface area contributed by atoms with Gasteiger partial charge in [-0.1, -0.05) is 23.7 Å². The second-order valence-electron chi connectivity index (χ2n) is 7.12. The SMILES string of the molecule is CSc1cccn2c3c(c(Cc4ccc(Cl)cc4)c12)C(CC(=O)O)CCC3. The molecule has 3 nitrogen and oxygen atoms in total. The first-order chi connectivity index (χ1) is 13.1. The predicted octanol–water partition coefficient (Wildman–Crippen LogP) is 5.80. The highest BCUT2D eigenvalue weighted by atomic mass is 35.5. The summed E-state index contributed by atoms with van der Waals surface area (Å²) in [6.07, 6.45) is 8.21. The fourth-order valence-corrected chi connectivity index (χ4v) is 5.16. The molecule has 140 valence electrons. The molecule has 3 aromatic rings. The third-order valence-corrected chi connectivity index (χ3v) is 6.50. The maximum absolute atomic E-state index is 11.5. The zero-order valence-electron chi connectivity index (χ0n) is 15.2. The van der Waals surface area contributed by atoms with Crippen LogP contribution in [-0.2, 0) is 17.6 Å². The van der Waals surface area contributed by atoms with Crippen molar-refractivity contribution in [1.29, 1.82) is 0 Å². The van der Waals surface area contributed by atoms with Crippen molar-refractivity contribution in [3.8, 4) is 0 Å². The number of fused-ring (bicyclic) bond motifs is 3. The maximum Gasteiger partial charge on any atom is 0.303 e. The second kappa shape index (κ2) is 7.61. The minimum absolute atomic E-state index is 0.0863. The van der Waals surface area contributed by atoms with Crippen LogP contribution in [0.25, 0.3) is 5.52 Å². The molecule has 5 heteroatoms. The highest BCUT2D eigenvalue weighted by Gasteiger charge is 2.30. The van der Waals surface area contributed by atoms with Crippen LogP contribution in [0.4, 0.5) is 0 Å². The number of rotatable bonds is 5. The number of carbonyl (C=O) groups is 1. The molecule has 0 saturated heterocycles. The average molecular weight is 400 g/mol. The number of halogens is 1. The lowest BCUT2D eigenvalue weighted by Gasteiger charge is -2.23. The molecule has 1 atom stereocenters. The molecule has 1 aliphatic rings. The van der Waals surface area contributed by atoms with E-state index in [1.54, 1.807) is 11.8 Å². The summed E-state index contributed by atoms with van der Waals surface area (Å²) in [5, 5.41) is 10.2. The summed E-state index contributed by atoms with van der Waals surface area (Å²) in [6.45, 7) is 0. The topological polar surface area (TPSA) is 41.7 Å². The summed E-state index contributed by atoms with van der Waals surface area (Å²) in [4.78, 5) is 12.7. The molecule has 4 rings (SSSR count). The minimum Gasteiger partial charge on any atom is -0.481 e. The van der Waals surface area contributed by atoms with Crippen LogP contribution in [0, 0.1) is 0 Å². The third-order valence-electron chi connectivity index (χ3n) is 5.48. The van der Waals surface area contributed by atoms with Crippen molar-refractivity contribution in [3.63, 3.8) is 0 Å². The summed E-state index contributed by atoms with van der Waals surface area (Å²) in [5.41, 5.74) is 6.28. The number of pyridine rings is 1. The smallest absolute Gasteiger partial charge is 0.303 e. The van der Waals surface area contributed by atoms with Crippen LogP contribution >= 0.6 is 23.4 Å². The fourth-order valence-electron chi connectivity index (χ4n) is 4.40. The summed E-state index contributed by atoms with van der Waals surface area (Å²) < 4.78 is 2.31. The molecule has 2 aromatic heterocycles. The molecule has 27 heavy (non-hydrogen) atoms. The van der Waals surface area contributed by atoms with E-state index in [9.17, 15) is 9.90 Å². The standard InChI is InChI=1S/C22H22ClNO2S/c1-27-19-6-3-11-24-18-5-2-4-15(13-20(25)26)21(18)17(22(19)24)12-14-7-9-16(23)10-8-14/h3,6-11,15H,2,4-5,12-13H2,1H3,(H,25,26). The molecule has 1 aromatic carbocycles. The Hall–Kier alpha value is -1.91. The Kier molecular flexibility index (Phi) is 5.20. The Morgan fingerprint density at radius 3 is 2.78 bits per heavy atom. The highest BCUT2D eigenvalue weighted by molar-refractivity contribution is 7.98. The van der Waals surface area contributed by atoms with Crippen molar-refractivity contribution >= 4 is 34.8 Å². The van der Waals surface area contributed by atoms with Crippen molar-refractivity contribution in [2.45, 2.75) is 42.9 Å². The van der Waals surface area contributed by atoms with E-state index >= 15 is 0 Å². The van der Waals surface area contributed by atoms with Crippen LogP contribution in [-0.4, -0.2) is 21.7 Å². The first-order valence-electron chi connectivity index (χ1n) is 9.23. The molecule has 2 heterocycles. The maximum atomic E-state index is 11.5. The number of thioether (sulfide) groups is 1. The minimum atomic E-state index is -0.717. The van der Waals surface area contributed by atoms with Crippen molar-refractivity contribution in [1.82, 2.24) is 4.40 Å². The van der Waals surface area contributed by atoms with Crippen LogP contribution in [0.15, 0.2) is 47.5 Å².